The first-order valence-electron chi connectivity index (χ1n) is 9.46. The molecule has 1 N–H and O–H groups in total. The minimum absolute atomic E-state index is 0.0974. The van der Waals surface area contributed by atoms with Gasteiger partial charge in [-0.05, 0) is 12.1 Å². The van der Waals surface area contributed by atoms with Crippen LogP contribution in [-0.2, 0) is 4.79 Å². The van der Waals surface area contributed by atoms with Crippen molar-refractivity contribution < 1.29 is 9.72 Å². The molecule has 1 aromatic rings. The second kappa shape index (κ2) is 9.25. The van der Waals surface area contributed by atoms with E-state index in [2.05, 4.69) is 15.5 Å². The lowest BCUT2D eigenvalue weighted by atomic mass is 9.73. The van der Waals surface area contributed by atoms with Crippen LogP contribution in [0.5, 0.6) is 0 Å². The number of azo groups is 1. The lowest BCUT2D eigenvalue weighted by Gasteiger charge is -2.43. The molecule has 0 spiro atoms. The van der Waals surface area contributed by atoms with E-state index in [0.717, 1.165) is 0 Å². The third kappa shape index (κ3) is 4.19. The molecule has 1 amide bonds. The Kier molecular flexibility index (Phi) is 6.98. The standard InChI is InChI=1S/C20H23N7O3/c1-4-26(5-2)20(27(29)30)11-16(12-21)18(19(13-20,14-22)23-15(3)28)25-24-17-9-7-6-8-10-17/h6-11,18H,4-5,13H2,1-3H3,(H,23,28). The molecule has 0 radical (unpaired) electrons. The summed E-state index contributed by atoms with van der Waals surface area (Å²) < 4.78 is 0. The van der Waals surface area contributed by atoms with Crippen LogP contribution >= 0.6 is 0 Å². The zero-order valence-electron chi connectivity index (χ0n) is 17.1. The van der Waals surface area contributed by atoms with E-state index in [4.69, 9.17) is 0 Å². The average molecular weight is 409 g/mol. The largest absolute Gasteiger partial charge is 0.336 e. The molecule has 1 aliphatic carbocycles. The highest BCUT2D eigenvalue weighted by Crippen LogP contribution is 2.40. The predicted octanol–water partition coefficient (Wildman–Crippen LogP) is 2.71. The number of hydrogen-bond donors (Lipinski definition) is 1. The Labute approximate surface area is 174 Å². The van der Waals surface area contributed by atoms with Crippen molar-refractivity contribution in [1.82, 2.24) is 10.2 Å². The first-order valence-corrected chi connectivity index (χ1v) is 9.46. The second-order valence-corrected chi connectivity index (χ2v) is 6.91. The Morgan fingerprint density at radius 3 is 2.43 bits per heavy atom. The van der Waals surface area contributed by atoms with Gasteiger partial charge in [-0.1, -0.05) is 32.0 Å². The number of likely N-dealkylation sites (N-methyl/N-ethyl adjacent to an activating group) is 1. The first kappa shape index (κ1) is 22.7. The van der Waals surface area contributed by atoms with Crippen molar-refractivity contribution >= 4 is 11.6 Å². The fraction of sp³-hybridized carbons (Fsp3) is 0.450. The van der Waals surface area contributed by atoms with Crippen LogP contribution in [0.1, 0.15) is 27.2 Å². The van der Waals surface area contributed by atoms with Crippen LogP contribution in [-0.4, -0.2) is 46.1 Å². The molecule has 0 fully saturated rings. The zero-order chi connectivity index (χ0) is 22.4. The Morgan fingerprint density at radius 2 is 1.97 bits per heavy atom. The summed E-state index contributed by atoms with van der Waals surface area (Å²) >= 11 is 0. The van der Waals surface area contributed by atoms with Gasteiger partial charge >= 0.3 is 5.66 Å². The number of benzene rings is 1. The zero-order valence-corrected chi connectivity index (χ0v) is 17.1. The van der Waals surface area contributed by atoms with Gasteiger partial charge in [0, 0.05) is 31.0 Å². The second-order valence-electron chi connectivity index (χ2n) is 6.91. The van der Waals surface area contributed by atoms with Gasteiger partial charge in [-0.3, -0.25) is 14.9 Å². The van der Waals surface area contributed by atoms with E-state index in [1.54, 1.807) is 49.1 Å². The smallest absolute Gasteiger partial charge is 0.301 e. The van der Waals surface area contributed by atoms with Gasteiger partial charge in [-0.25, -0.2) is 4.90 Å². The lowest BCUT2D eigenvalue weighted by Crippen LogP contribution is -2.67. The monoisotopic (exact) mass is 409 g/mol. The van der Waals surface area contributed by atoms with Gasteiger partial charge in [0.2, 0.25) is 5.91 Å². The van der Waals surface area contributed by atoms with Gasteiger partial charge in [0.15, 0.2) is 5.54 Å². The van der Waals surface area contributed by atoms with Gasteiger partial charge in [0.25, 0.3) is 0 Å². The molecule has 0 bridgehead atoms. The molecular weight excluding hydrogens is 386 g/mol. The van der Waals surface area contributed by atoms with Crippen LogP contribution in [0, 0.1) is 32.8 Å². The van der Waals surface area contributed by atoms with Gasteiger partial charge < -0.3 is 5.32 Å². The van der Waals surface area contributed by atoms with Crippen molar-refractivity contribution in [1.29, 1.82) is 10.5 Å². The summed E-state index contributed by atoms with van der Waals surface area (Å²) in [6, 6.07) is 11.4. The Morgan fingerprint density at radius 1 is 1.33 bits per heavy atom. The first-order chi connectivity index (χ1) is 14.3. The summed E-state index contributed by atoms with van der Waals surface area (Å²) in [5.74, 6) is -0.563. The molecule has 1 aliphatic rings. The number of hydrogen-bond acceptors (Lipinski definition) is 8. The van der Waals surface area contributed by atoms with Crippen molar-refractivity contribution in [3.63, 3.8) is 0 Å². The Bertz CT molecular complexity index is 943. The quantitative estimate of drug-likeness (QED) is 0.317. The number of carbonyl (C=O) groups excluding carboxylic acids is 1. The minimum Gasteiger partial charge on any atom is -0.336 e. The Balaban J connectivity index is 2.73. The molecule has 3 unspecified atom stereocenters. The maximum atomic E-state index is 12.2. The molecule has 0 saturated carbocycles. The predicted molar refractivity (Wildman–Crippen MR) is 108 cm³/mol. The van der Waals surface area contributed by atoms with E-state index < -0.39 is 28.1 Å². The number of carbonyl (C=O) groups is 1. The highest BCUT2D eigenvalue weighted by atomic mass is 16.6. The van der Waals surface area contributed by atoms with E-state index in [9.17, 15) is 25.4 Å². The molecule has 0 heterocycles. The maximum Gasteiger partial charge on any atom is 0.301 e. The molecule has 1 aromatic carbocycles. The third-order valence-corrected chi connectivity index (χ3v) is 5.09. The van der Waals surface area contributed by atoms with Crippen LogP contribution in [0.2, 0.25) is 0 Å². The molecule has 30 heavy (non-hydrogen) atoms. The molecule has 0 saturated heterocycles. The average Bonchev–Trinajstić information content (AvgIpc) is 2.73. The van der Waals surface area contributed by atoms with Crippen molar-refractivity contribution in [3.05, 3.63) is 52.1 Å². The fourth-order valence-electron chi connectivity index (χ4n) is 3.79. The fourth-order valence-corrected chi connectivity index (χ4v) is 3.79. The summed E-state index contributed by atoms with van der Waals surface area (Å²) in [6.07, 6.45) is 0.862. The maximum absolute atomic E-state index is 12.2. The van der Waals surface area contributed by atoms with Crippen LogP contribution in [0.25, 0.3) is 0 Å². The molecule has 3 atom stereocenters. The van der Waals surface area contributed by atoms with Crippen LogP contribution < -0.4 is 5.32 Å². The number of rotatable bonds is 7. The summed E-state index contributed by atoms with van der Waals surface area (Å²) in [4.78, 5) is 25.2. The molecule has 0 aromatic heterocycles. The summed E-state index contributed by atoms with van der Waals surface area (Å²) in [6.45, 7) is 5.33. The molecule has 0 aliphatic heterocycles. The SMILES string of the molecule is CCN(CC)C1([N+](=O)[O-])C=C(C#N)C(N=Nc2ccccc2)C(C#N)(NC(C)=O)C1. The molecule has 2 rings (SSSR count). The highest BCUT2D eigenvalue weighted by Gasteiger charge is 2.61. The van der Waals surface area contributed by atoms with E-state index in [1.807, 2.05) is 12.1 Å². The molecule has 10 heteroatoms. The van der Waals surface area contributed by atoms with E-state index in [0.29, 0.717) is 18.8 Å². The van der Waals surface area contributed by atoms with Gasteiger partial charge in [-0.2, -0.15) is 20.8 Å². The van der Waals surface area contributed by atoms with Gasteiger partial charge in [0.1, 0.15) is 6.04 Å². The minimum atomic E-state index is -1.84. The molecule has 10 nitrogen and oxygen atoms in total. The number of nitrogens with one attached hydrogen (secondary N) is 1. The van der Waals surface area contributed by atoms with Gasteiger partial charge in [-0.15, -0.1) is 0 Å². The summed E-state index contributed by atoms with van der Waals surface area (Å²) in [7, 11) is 0. The number of nitriles is 2. The molecule has 156 valence electrons. The third-order valence-electron chi connectivity index (χ3n) is 5.09. The summed E-state index contributed by atoms with van der Waals surface area (Å²) in [5.41, 5.74) is -3.27. The van der Waals surface area contributed by atoms with E-state index in [1.165, 1.54) is 13.0 Å². The van der Waals surface area contributed by atoms with Crippen LogP contribution in [0.4, 0.5) is 5.69 Å². The number of nitrogens with zero attached hydrogens (tertiary/aromatic N) is 6. The van der Waals surface area contributed by atoms with Crippen molar-refractivity contribution in [2.75, 3.05) is 13.1 Å². The lowest BCUT2D eigenvalue weighted by molar-refractivity contribution is -0.589. The number of amides is 1. The van der Waals surface area contributed by atoms with Gasteiger partial charge in [0.05, 0.1) is 29.8 Å². The van der Waals surface area contributed by atoms with Crippen molar-refractivity contribution in [3.8, 4) is 12.1 Å². The number of nitro groups is 1. The van der Waals surface area contributed by atoms with Crippen LogP contribution in [0.15, 0.2) is 52.2 Å². The Hall–Kier alpha value is -3.63. The van der Waals surface area contributed by atoms with Crippen molar-refractivity contribution in [2.24, 2.45) is 10.2 Å². The van der Waals surface area contributed by atoms with E-state index in [-0.39, 0.29) is 12.0 Å². The van der Waals surface area contributed by atoms with E-state index >= 15 is 0 Å². The summed E-state index contributed by atoms with van der Waals surface area (Å²) in [5, 5.41) is 42.9. The van der Waals surface area contributed by atoms with Crippen molar-refractivity contribution in [2.45, 2.75) is 44.4 Å². The van der Waals surface area contributed by atoms with Crippen LogP contribution in [0.3, 0.4) is 0 Å². The topological polar surface area (TPSA) is 148 Å². The normalized spacial score (nSPS) is 25.9. The molecular formula is C20H23N7O3. The highest BCUT2D eigenvalue weighted by molar-refractivity contribution is 5.75.